The normalized spacial score (nSPS) is 9.27. The average Bonchev–Trinajstić information content (AvgIpc) is 2.31. The molecule has 2 rings (SSSR count). The van der Waals surface area contributed by atoms with Crippen molar-refractivity contribution in [2.75, 3.05) is 5.32 Å². The van der Waals surface area contributed by atoms with Gasteiger partial charge in [0.05, 0.1) is 5.69 Å². The second kappa shape index (κ2) is 4.30. The van der Waals surface area contributed by atoms with Gasteiger partial charge in [0.2, 0.25) is 0 Å². The van der Waals surface area contributed by atoms with Crippen molar-refractivity contribution in [1.29, 1.82) is 5.26 Å². The van der Waals surface area contributed by atoms with Crippen LogP contribution in [0, 0.1) is 11.5 Å². The van der Waals surface area contributed by atoms with Gasteiger partial charge >= 0.3 is 0 Å². The average molecular weight is 194 g/mol. The first-order chi connectivity index (χ1) is 7.42. The van der Waals surface area contributed by atoms with Crippen LogP contribution in [0.5, 0.6) is 0 Å². The van der Waals surface area contributed by atoms with Crippen LogP contribution < -0.4 is 5.32 Å². The molecule has 2 heteroatoms. The summed E-state index contributed by atoms with van der Waals surface area (Å²) in [5.41, 5.74) is 2.99. The molecule has 72 valence electrons. The number of para-hydroxylation sites is 1. The number of hydrogen-bond donors (Lipinski definition) is 1. The molecule has 0 fully saturated rings. The summed E-state index contributed by atoms with van der Waals surface area (Å²) < 4.78 is 0. The summed E-state index contributed by atoms with van der Waals surface area (Å²) >= 11 is 0. The summed E-state index contributed by atoms with van der Waals surface area (Å²) in [6, 6.07) is 17.8. The van der Waals surface area contributed by atoms with E-state index in [1.54, 1.807) is 0 Å². The number of hydrogen-bond acceptors (Lipinski definition) is 2. The fourth-order valence-corrected chi connectivity index (χ4v) is 1.52. The molecule has 0 aliphatic carbocycles. The zero-order valence-corrected chi connectivity index (χ0v) is 8.14. The van der Waals surface area contributed by atoms with Gasteiger partial charge in [0.25, 0.3) is 0 Å². The van der Waals surface area contributed by atoms with E-state index < -0.39 is 0 Å². The zero-order valence-electron chi connectivity index (χ0n) is 8.14. The Hall–Kier alpha value is -2.27. The van der Waals surface area contributed by atoms with E-state index in [1.165, 1.54) is 0 Å². The van der Waals surface area contributed by atoms with E-state index in [-0.39, 0.29) is 0 Å². The van der Waals surface area contributed by atoms with Crippen LogP contribution in [0.3, 0.4) is 0 Å². The van der Waals surface area contributed by atoms with Crippen LogP contribution in [0.15, 0.2) is 54.6 Å². The third-order valence-corrected chi connectivity index (χ3v) is 2.20. The van der Waals surface area contributed by atoms with Crippen molar-refractivity contribution in [3.63, 3.8) is 0 Å². The number of benzene rings is 2. The smallest absolute Gasteiger partial charge is 0.181 e. The third-order valence-electron chi connectivity index (χ3n) is 2.20. The first-order valence-electron chi connectivity index (χ1n) is 4.71. The molecule has 0 heterocycles. The van der Waals surface area contributed by atoms with E-state index in [4.69, 9.17) is 5.26 Å². The second-order valence-electron chi connectivity index (χ2n) is 3.15. The highest BCUT2D eigenvalue weighted by molar-refractivity contribution is 5.78. The van der Waals surface area contributed by atoms with Crippen molar-refractivity contribution in [3.05, 3.63) is 54.6 Å². The minimum absolute atomic E-state index is 0.839. The molecule has 0 aromatic heterocycles. The molecule has 0 amide bonds. The van der Waals surface area contributed by atoms with Gasteiger partial charge in [-0.3, -0.25) is 5.32 Å². The largest absolute Gasteiger partial charge is 0.292 e. The van der Waals surface area contributed by atoms with E-state index >= 15 is 0 Å². The second-order valence-corrected chi connectivity index (χ2v) is 3.15. The number of anilines is 1. The van der Waals surface area contributed by atoms with Gasteiger partial charge in [-0.2, -0.15) is 5.26 Å². The molecule has 0 unspecified atom stereocenters. The van der Waals surface area contributed by atoms with Gasteiger partial charge in [-0.25, -0.2) is 0 Å². The Bertz CT molecular complexity index is 483. The summed E-state index contributed by atoms with van der Waals surface area (Å²) in [6.07, 6.45) is 1.94. The first kappa shape index (κ1) is 9.29. The maximum Gasteiger partial charge on any atom is 0.181 e. The monoisotopic (exact) mass is 194 g/mol. The molecule has 2 nitrogen and oxygen atoms in total. The van der Waals surface area contributed by atoms with Gasteiger partial charge in [0.15, 0.2) is 6.19 Å². The van der Waals surface area contributed by atoms with Crippen molar-refractivity contribution in [3.8, 4) is 17.3 Å². The van der Waals surface area contributed by atoms with Gasteiger partial charge < -0.3 is 0 Å². The van der Waals surface area contributed by atoms with Crippen LogP contribution in [-0.2, 0) is 0 Å². The highest BCUT2D eigenvalue weighted by Gasteiger charge is 2.02. The molecule has 0 aliphatic heterocycles. The topological polar surface area (TPSA) is 35.8 Å². The molecule has 0 atom stereocenters. The maximum atomic E-state index is 8.63. The molecule has 0 bridgehead atoms. The van der Waals surface area contributed by atoms with Crippen LogP contribution in [-0.4, -0.2) is 0 Å². The van der Waals surface area contributed by atoms with Gasteiger partial charge in [0, 0.05) is 5.56 Å². The quantitative estimate of drug-likeness (QED) is 0.588. The Labute approximate surface area is 88.8 Å². The van der Waals surface area contributed by atoms with Crippen molar-refractivity contribution in [1.82, 2.24) is 0 Å². The SMILES string of the molecule is N#CNc1ccccc1-c1ccccc1. The van der Waals surface area contributed by atoms with E-state index in [0.29, 0.717) is 0 Å². The molecular formula is C13H10N2. The van der Waals surface area contributed by atoms with Gasteiger partial charge in [0.1, 0.15) is 0 Å². The zero-order chi connectivity index (χ0) is 10.5. The predicted molar refractivity (Wildman–Crippen MR) is 61.1 cm³/mol. The summed E-state index contributed by atoms with van der Waals surface area (Å²) in [5, 5.41) is 11.3. The van der Waals surface area contributed by atoms with Crippen molar-refractivity contribution < 1.29 is 0 Å². The lowest BCUT2D eigenvalue weighted by atomic mass is 10.0. The third kappa shape index (κ3) is 1.97. The van der Waals surface area contributed by atoms with Gasteiger partial charge in [-0.05, 0) is 11.6 Å². The van der Waals surface area contributed by atoms with Crippen molar-refractivity contribution >= 4 is 5.69 Å². The lowest BCUT2D eigenvalue weighted by Crippen LogP contribution is -1.90. The van der Waals surface area contributed by atoms with Crippen LogP contribution in [0.1, 0.15) is 0 Å². The molecule has 0 radical (unpaired) electrons. The van der Waals surface area contributed by atoms with E-state index in [2.05, 4.69) is 5.32 Å². The van der Waals surface area contributed by atoms with E-state index in [9.17, 15) is 0 Å². The van der Waals surface area contributed by atoms with E-state index in [1.807, 2.05) is 60.8 Å². The Morgan fingerprint density at radius 2 is 1.53 bits per heavy atom. The van der Waals surface area contributed by atoms with Crippen LogP contribution in [0.2, 0.25) is 0 Å². The summed E-state index contributed by atoms with van der Waals surface area (Å²) in [7, 11) is 0. The van der Waals surface area contributed by atoms with Crippen LogP contribution >= 0.6 is 0 Å². The summed E-state index contributed by atoms with van der Waals surface area (Å²) in [5.74, 6) is 0. The highest BCUT2D eigenvalue weighted by Crippen LogP contribution is 2.26. The molecule has 0 spiro atoms. The summed E-state index contributed by atoms with van der Waals surface area (Å²) in [4.78, 5) is 0. The minimum Gasteiger partial charge on any atom is -0.292 e. The number of rotatable bonds is 2. The Kier molecular flexibility index (Phi) is 2.66. The van der Waals surface area contributed by atoms with Crippen LogP contribution in [0.25, 0.3) is 11.1 Å². The van der Waals surface area contributed by atoms with Crippen LogP contribution in [0.4, 0.5) is 5.69 Å². The van der Waals surface area contributed by atoms with Gasteiger partial charge in [-0.15, -0.1) is 0 Å². The van der Waals surface area contributed by atoms with Crippen molar-refractivity contribution in [2.45, 2.75) is 0 Å². The molecule has 0 saturated carbocycles. The molecule has 2 aromatic carbocycles. The van der Waals surface area contributed by atoms with E-state index in [0.717, 1.165) is 16.8 Å². The fraction of sp³-hybridized carbons (Fsp3) is 0. The molecular weight excluding hydrogens is 184 g/mol. The maximum absolute atomic E-state index is 8.63. The lowest BCUT2D eigenvalue weighted by Gasteiger charge is -2.06. The molecule has 0 saturated heterocycles. The minimum atomic E-state index is 0.839. The molecule has 0 aliphatic rings. The Morgan fingerprint density at radius 1 is 0.867 bits per heavy atom. The summed E-state index contributed by atoms with van der Waals surface area (Å²) in [6.45, 7) is 0. The molecule has 15 heavy (non-hydrogen) atoms. The lowest BCUT2D eigenvalue weighted by molar-refractivity contribution is 1.47. The number of nitrogens with one attached hydrogen (secondary N) is 1. The molecule has 1 N–H and O–H groups in total. The Balaban J connectivity index is 2.49. The van der Waals surface area contributed by atoms with Crippen molar-refractivity contribution in [2.24, 2.45) is 0 Å². The number of nitrogens with zero attached hydrogens (tertiary/aromatic N) is 1. The fourth-order valence-electron chi connectivity index (χ4n) is 1.52. The number of nitriles is 1. The standard InChI is InChI=1S/C13H10N2/c14-10-15-13-9-5-4-8-12(13)11-6-2-1-3-7-11/h1-9,15H. The van der Waals surface area contributed by atoms with Gasteiger partial charge in [-0.1, -0.05) is 48.5 Å². The predicted octanol–water partition coefficient (Wildman–Crippen LogP) is 3.25. The first-order valence-corrected chi connectivity index (χ1v) is 4.71. The Morgan fingerprint density at radius 3 is 2.27 bits per heavy atom. The molecule has 2 aromatic rings. The highest BCUT2D eigenvalue weighted by atomic mass is 14.9.